The molecule has 0 atom stereocenters. The van der Waals surface area contributed by atoms with Crippen molar-refractivity contribution in [3.8, 4) is 11.8 Å². The minimum atomic E-state index is -0.531. The van der Waals surface area contributed by atoms with Gasteiger partial charge in [-0.05, 0) is 36.6 Å². The van der Waals surface area contributed by atoms with E-state index in [1.807, 2.05) is 18.2 Å². The van der Waals surface area contributed by atoms with Gasteiger partial charge in [0.05, 0.1) is 6.61 Å². The van der Waals surface area contributed by atoms with E-state index in [-0.39, 0.29) is 24.3 Å². The van der Waals surface area contributed by atoms with Gasteiger partial charge in [-0.1, -0.05) is 29.8 Å². The minimum absolute atomic E-state index is 0.0160. The third-order valence-electron chi connectivity index (χ3n) is 2.76. The molecule has 0 saturated heterocycles. The molecule has 0 unspecified atom stereocenters. The number of esters is 1. The maximum absolute atomic E-state index is 11.5. The first kappa shape index (κ1) is 15.6. The molecule has 2 rings (SSSR count). The van der Waals surface area contributed by atoms with Gasteiger partial charge >= 0.3 is 12.0 Å². The number of aromatic nitrogens is 1. The molecule has 0 saturated carbocycles. The zero-order valence-electron chi connectivity index (χ0n) is 12.1. The zero-order chi connectivity index (χ0) is 15.4. The molecule has 21 heavy (non-hydrogen) atoms. The maximum Gasteiger partial charge on any atom is 0.399 e. The highest BCUT2D eigenvalue weighted by Crippen LogP contribution is 2.32. The lowest BCUT2D eigenvalue weighted by atomic mass is 10.0. The monoisotopic (exact) mass is 353 g/mol. The zero-order valence-corrected chi connectivity index (χ0v) is 13.6. The molecule has 2 aromatic rings. The van der Waals surface area contributed by atoms with E-state index in [0.717, 1.165) is 10.0 Å². The van der Waals surface area contributed by atoms with Crippen LogP contribution >= 0.6 is 15.9 Å². The highest BCUT2D eigenvalue weighted by molar-refractivity contribution is 9.10. The van der Waals surface area contributed by atoms with E-state index in [1.54, 1.807) is 6.92 Å². The standard InChI is InChI=1S/C15H16BrNO4/c1-4-19-14(18)12-8-20-15(17-12)21-13-6-5-10(16)7-11(13)9(2)3/h5-9H,4H2,1-3H3. The molecule has 0 N–H and O–H groups in total. The van der Waals surface area contributed by atoms with E-state index in [4.69, 9.17) is 13.9 Å². The number of benzene rings is 1. The van der Waals surface area contributed by atoms with Gasteiger partial charge in [0.15, 0.2) is 5.69 Å². The summed E-state index contributed by atoms with van der Waals surface area (Å²) >= 11 is 3.43. The van der Waals surface area contributed by atoms with Gasteiger partial charge < -0.3 is 13.9 Å². The van der Waals surface area contributed by atoms with Crippen molar-refractivity contribution >= 4 is 21.9 Å². The van der Waals surface area contributed by atoms with Crippen molar-refractivity contribution in [2.75, 3.05) is 6.61 Å². The van der Waals surface area contributed by atoms with Crippen LogP contribution < -0.4 is 4.74 Å². The molecule has 0 bridgehead atoms. The molecular weight excluding hydrogens is 338 g/mol. The molecule has 1 heterocycles. The molecule has 6 heteroatoms. The van der Waals surface area contributed by atoms with Crippen LogP contribution in [0, 0.1) is 0 Å². The Kier molecular flexibility index (Phi) is 5.01. The molecule has 0 aliphatic heterocycles. The Morgan fingerprint density at radius 2 is 2.19 bits per heavy atom. The average Bonchev–Trinajstić information content (AvgIpc) is 2.89. The Labute approximate surface area is 131 Å². The van der Waals surface area contributed by atoms with Crippen molar-refractivity contribution in [1.29, 1.82) is 0 Å². The van der Waals surface area contributed by atoms with Crippen LogP contribution in [0.15, 0.2) is 33.4 Å². The van der Waals surface area contributed by atoms with Crippen LogP contribution in [0.1, 0.15) is 42.7 Å². The summed E-state index contributed by atoms with van der Waals surface area (Å²) in [5.41, 5.74) is 1.11. The molecule has 112 valence electrons. The first-order valence-corrected chi connectivity index (χ1v) is 7.40. The second kappa shape index (κ2) is 6.76. The van der Waals surface area contributed by atoms with Crippen molar-refractivity contribution in [1.82, 2.24) is 4.98 Å². The van der Waals surface area contributed by atoms with Crippen molar-refractivity contribution in [3.63, 3.8) is 0 Å². The molecule has 0 aliphatic carbocycles. The Morgan fingerprint density at radius 1 is 1.43 bits per heavy atom. The summed E-state index contributed by atoms with van der Waals surface area (Å²) in [6, 6.07) is 5.68. The van der Waals surface area contributed by atoms with Gasteiger partial charge in [-0.15, -0.1) is 0 Å². The first-order valence-electron chi connectivity index (χ1n) is 6.61. The second-order valence-corrected chi connectivity index (χ2v) is 5.57. The van der Waals surface area contributed by atoms with Gasteiger partial charge in [0.25, 0.3) is 0 Å². The minimum Gasteiger partial charge on any atom is -0.461 e. The SMILES string of the molecule is CCOC(=O)c1coc(Oc2ccc(Br)cc2C(C)C)n1. The summed E-state index contributed by atoms with van der Waals surface area (Å²) in [5.74, 6) is 0.387. The van der Waals surface area contributed by atoms with E-state index in [2.05, 4.69) is 34.8 Å². The molecular formula is C15H16BrNO4. The van der Waals surface area contributed by atoms with Crippen LogP contribution in [-0.4, -0.2) is 17.6 Å². The molecule has 5 nitrogen and oxygen atoms in total. The fourth-order valence-corrected chi connectivity index (χ4v) is 2.14. The highest BCUT2D eigenvalue weighted by Gasteiger charge is 2.16. The summed E-state index contributed by atoms with van der Waals surface area (Å²) in [7, 11) is 0. The molecule has 0 aliphatic rings. The van der Waals surface area contributed by atoms with Crippen LogP contribution in [0.5, 0.6) is 11.8 Å². The summed E-state index contributed by atoms with van der Waals surface area (Å²) in [5, 5.41) is 0. The number of rotatable bonds is 5. The Balaban J connectivity index is 2.21. The lowest BCUT2D eigenvalue weighted by Gasteiger charge is -2.11. The molecule has 1 aromatic carbocycles. The lowest BCUT2D eigenvalue weighted by molar-refractivity contribution is 0.0519. The highest BCUT2D eigenvalue weighted by atomic mass is 79.9. The van der Waals surface area contributed by atoms with Crippen molar-refractivity contribution in [2.45, 2.75) is 26.7 Å². The lowest BCUT2D eigenvalue weighted by Crippen LogP contribution is -2.04. The number of oxazole rings is 1. The number of hydrogen-bond acceptors (Lipinski definition) is 5. The van der Waals surface area contributed by atoms with Crippen LogP contribution in [0.3, 0.4) is 0 Å². The number of ether oxygens (including phenoxy) is 2. The smallest absolute Gasteiger partial charge is 0.399 e. The van der Waals surface area contributed by atoms with Gasteiger partial charge in [0, 0.05) is 4.47 Å². The normalized spacial score (nSPS) is 10.7. The van der Waals surface area contributed by atoms with Crippen LogP contribution in [0.4, 0.5) is 0 Å². The van der Waals surface area contributed by atoms with E-state index in [0.29, 0.717) is 5.75 Å². The Hall–Kier alpha value is -1.82. The van der Waals surface area contributed by atoms with Crippen LogP contribution in [0.25, 0.3) is 0 Å². The van der Waals surface area contributed by atoms with E-state index in [9.17, 15) is 4.79 Å². The third kappa shape index (κ3) is 3.85. The van der Waals surface area contributed by atoms with Crippen LogP contribution in [0.2, 0.25) is 0 Å². The largest absolute Gasteiger partial charge is 0.461 e. The first-order chi connectivity index (χ1) is 10.0. The molecule has 0 radical (unpaired) electrons. The summed E-state index contributed by atoms with van der Waals surface area (Å²) in [6.45, 7) is 6.14. The average molecular weight is 354 g/mol. The predicted molar refractivity (Wildman–Crippen MR) is 80.8 cm³/mol. The third-order valence-corrected chi connectivity index (χ3v) is 3.25. The van der Waals surface area contributed by atoms with E-state index in [1.165, 1.54) is 6.26 Å². The Bertz CT molecular complexity index is 636. The Morgan fingerprint density at radius 3 is 2.86 bits per heavy atom. The molecule has 0 spiro atoms. The summed E-state index contributed by atoms with van der Waals surface area (Å²) in [4.78, 5) is 15.5. The van der Waals surface area contributed by atoms with Gasteiger partial charge in [-0.2, -0.15) is 4.98 Å². The van der Waals surface area contributed by atoms with Gasteiger partial charge in [0.1, 0.15) is 12.0 Å². The van der Waals surface area contributed by atoms with Crippen LogP contribution in [-0.2, 0) is 4.74 Å². The topological polar surface area (TPSA) is 61.6 Å². The van der Waals surface area contributed by atoms with Crippen molar-refractivity contribution in [2.24, 2.45) is 0 Å². The van der Waals surface area contributed by atoms with Crippen molar-refractivity contribution in [3.05, 3.63) is 40.2 Å². The fourth-order valence-electron chi connectivity index (χ4n) is 1.76. The number of carbonyl (C=O) groups is 1. The quantitative estimate of drug-likeness (QED) is 0.739. The van der Waals surface area contributed by atoms with Gasteiger partial charge in [-0.25, -0.2) is 4.79 Å². The maximum atomic E-state index is 11.5. The summed E-state index contributed by atoms with van der Waals surface area (Å²) in [6.07, 6.45) is 1.24. The van der Waals surface area contributed by atoms with Crippen molar-refractivity contribution < 1.29 is 18.7 Å². The van der Waals surface area contributed by atoms with E-state index < -0.39 is 5.97 Å². The van der Waals surface area contributed by atoms with E-state index >= 15 is 0 Å². The molecule has 1 aromatic heterocycles. The molecule has 0 fully saturated rings. The number of hydrogen-bond donors (Lipinski definition) is 0. The van der Waals surface area contributed by atoms with Gasteiger partial charge in [0.2, 0.25) is 0 Å². The fraction of sp³-hybridized carbons (Fsp3) is 0.333. The van der Waals surface area contributed by atoms with Gasteiger partial charge in [-0.3, -0.25) is 0 Å². The summed E-state index contributed by atoms with van der Waals surface area (Å²) < 4.78 is 16.6. The predicted octanol–water partition coefficient (Wildman–Crippen LogP) is 4.53. The number of nitrogens with zero attached hydrogens (tertiary/aromatic N) is 1. The molecule has 0 amide bonds. The number of carbonyl (C=O) groups excluding carboxylic acids is 1. The number of halogens is 1. The second-order valence-electron chi connectivity index (χ2n) is 4.66.